The van der Waals surface area contributed by atoms with E-state index in [9.17, 15) is 9.18 Å². The average Bonchev–Trinajstić information content (AvgIpc) is 2.19. The molecule has 0 spiro atoms. The van der Waals surface area contributed by atoms with Gasteiger partial charge < -0.3 is 10.6 Å². The molecule has 2 N–H and O–H groups in total. The van der Waals surface area contributed by atoms with Crippen molar-refractivity contribution in [2.75, 3.05) is 18.4 Å². The van der Waals surface area contributed by atoms with Gasteiger partial charge in [0.05, 0.1) is 5.69 Å². The monoisotopic (exact) mass is 346 g/mol. The van der Waals surface area contributed by atoms with Crippen molar-refractivity contribution in [1.29, 1.82) is 0 Å². The molecule has 0 atom stereocenters. The molecule has 0 bridgehead atoms. The maximum Gasteiger partial charge on any atom is 0.251 e. The lowest BCUT2D eigenvalue weighted by Gasteiger charge is -2.21. The number of hydrogen-bond donors (Lipinski definition) is 2. The van der Waals surface area contributed by atoms with Crippen LogP contribution in [0.2, 0.25) is 0 Å². The van der Waals surface area contributed by atoms with Crippen molar-refractivity contribution in [2.24, 2.45) is 0 Å². The molecule has 1 aliphatic heterocycles. The lowest BCUT2D eigenvalue weighted by molar-refractivity contribution is -0.112. The Balaban J connectivity index is 2.13. The van der Waals surface area contributed by atoms with Gasteiger partial charge in [0.15, 0.2) is 0 Å². The maximum atomic E-state index is 12.9. The summed E-state index contributed by atoms with van der Waals surface area (Å²) in [6.45, 7) is 3.36. The predicted octanol–water partition coefficient (Wildman–Crippen LogP) is 2.29. The van der Waals surface area contributed by atoms with Crippen LogP contribution in [0, 0.1) is 9.39 Å². The Hall–Kier alpha value is -0.950. The van der Waals surface area contributed by atoms with E-state index in [2.05, 4.69) is 10.6 Å². The van der Waals surface area contributed by atoms with E-state index in [1.807, 2.05) is 29.5 Å². The topological polar surface area (TPSA) is 41.1 Å². The third-order valence-electron chi connectivity index (χ3n) is 2.73. The van der Waals surface area contributed by atoms with Gasteiger partial charge in [0.1, 0.15) is 5.82 Å². The summed E-state index contributed by atoms with van der Waals surface area (Å²) in [6.07, 6.45) is 0. The van der Waals surface area contributed by atoms with Crippen molar-refractivity contribution >= 4 is 34.2 Å². The lowest BCUT2D eigenvalue weighted by atomic mass is 10.0. The molecule has 1 amide bonds. The van der Waals surface area contributed by atoms with Crippen LogP contribution in [0.15, 0.2) is 29.3 Å². The molecule has 1 heterocycles. The van der Waals surface area contributed by atoms with Crippen LogP contribution in [0.25, 0.3) is 0 Å². The first-order valence-electron chi connectivity index (χ1n) is 5.23. The average molecular weight is 346 g/mol. The van der Waals surface area contributed by atoms with Crippen LogP contribution in [-0.2, 0) is 4.79 Å². The second-order valence-electron chi connectivity index (χ2n) is 3.91. The number of hydrogen-bond acceptors (Lipinski definition) is 2. The molecule has 0 saturated carbocycles. The Bertz CT molecular complexity index is 493. The highest BCUT2D eigenvalue weighted by atomic mass is 127. The largest absolute Gasteiger partial charge is 0.321 e. The molecule has 3 nitrogen and oxygen atoms in total. The highest BCUT2D eigenvalue weighted by Gasteiger charge is 2.16. The van der Waals surface area contributed by atoms with Gasteiger partial charge in [-0.2, -0.15) is 0 Å². The van der Waals surface area contributed by atoms with E-state index in [1.165, 1.54) is 12.1 Å². The Labute approximate surface area is 113 Å². The molecule has 90 valence electrons. The minimum absolute atomic E-state index is 0.119. The molecule has 0 aromatic heterocycles. The smallest absolute Gasteiger partial charge is 0.251 e. The van der Waals surface area contributed by atoms with Crippen LogP contribution < -0.4 is 10.6 Å². The summed E-state index contributed by atoms with van der Waals surface area (Å²) in [4.78, 5) is 11.9. The van der Waals surface area contributed by atoms with Gasteiger partial charge in [-0.15, -0.1) is 0 Å². The summed E-state index contributed by atoms with van der Waals surface area (Å²) in [7, 11) is 0. The molecule has 2 rings (SSSR count). The standard InChI is InChI=1S/C12H12FIN2O/c1-7(8-5-15-6-8)12(17)16-11-3-2-9(13)4-10(11)14/h2-4,15H,5-6H2,1H3,(H,16,17). The molecule has 0 radical (unpaired) electrons. The Morgan fingerprint density at radius 1 is 1.47 bits per heavy atom. The number of amides is 1. The minimum Gasteiger partial charge on any atom is -0.321 e. The highest BCUT2D eigenvalue weighted by Crippen LogP contribution is 2.20. The molecule has 1 saturated heterocycles. The molecule has 1 aromatic carbocycles. The van der Waals surface area contributed by atoms with E-state index in [1.54, 1.807) is 6.07 Å². The normalized spacial score (nSPS) is 14.2. The lowest BCUT2D eigenvalue weighted by Crippen LogP contribution is -2.36. The quantitative estimate of drug-likeness (QED) is 0.637. The zero-order chi connectivity index (χ0) is 12.4. The molecular formula is C12H12FIN2O. The summed E-state index contributed by atoms with van der Waals surface area (Å²) in [5.41, 5.74) is 2.51. The molecule has 0 aliphatic carbocycles. The van der Waals surface area contributed by atoms with Crippen molar-refractivity contribution in [3.63, 3.8) is 0 Å². The van der Waals surface area contributed by atoms with Crippen molar-refractivity contribution < 1.29 is 9.18 Å². The van der Waals surface area contributed by atoms with Crippen molar-refractivity contribution in [2.45, 2.75) is 6.92 Å². The van der Waals surface area contributed by atoms with E-state index in [4.69, 9.17) is 0 Å². The fourth-order valence-electron chi connectivity index (χ4n) is 1.48. The van der Waals surface area contributed by atoms with Crippen LogP contribution >= 0.6 is 22.6 Å². The zero-order valence-corrected chi connectivity index (χ0v) is 11.5. The SMILES string of the molecule is CC(C(=O)Nc1ccc(F)cc1I)=C1CNC1. The Morgan fingerprint density at radius 3 is 2.71 bits per heavy atom. The Kier molecular flexibility index (Phi) is 3.78. The van der Waals surface area contributed by atoms with Gasteiger partial charge >= 0.3 is 0 Å². The Morgan fingerprint density at radius 2 is 2.18 bits per heavy atom. The first-order valence-corrected chi connectivity index (χ1v) is 6.31. The van der Waals surface area contributed by atoms with E-state index in [0.717, 1.165) is 24.2 Å². The number of benzene rings is 1. The van der Waals surface area contributed by atoms with E-state index in [0.29, 0.717) is 9.26 Å². The molecule has 1 aliphatic rings. The van der Waals surface area contributed by atoms with E-state index >= 15 is 0 Å². The summed E-state index contributed by atoms with van der Waals surface area (Å²) < 4.78 is 13.6. The first-order chi connectivity index (χ1) is 8.08. The zero-order valence-electron chi connectivity index (χ0n) is 9.31. The van der Waals surface area contributed by atoms with Gasteiger partial charge in [0.2, 0.25) is 0 Å². The predicted molar refractivity (Wildman–Crippen MR) is 73.3 cm³/mol. The molecule has 1 fully saturated rings. The molecular weight excluding hydrogens is 334 g/mol. The molecule has 17 heavy (non-hydrogen) atoms. The summed E-state index contributed by atoms with van der Waals surface area (Å²) in [6, 6.07) is 4.31. The number of carbonyl (C=O) groups is 1. The van der Waals surface area contributed by atoms with E-state index < -0.39 is 0 Å². The number of halogens is 2. The van der Waals surface area contributed by atoms with Gasteiger partial charge in [-0.05, 0) is 53.3 Å². The maximum absolute atomic E-state index is 12.9. The first kappa shape index (κ1) is 12.5. The second kappa shape index (κ2) is 5.14. The minimum atomic E-state index is -0.300. The molecule has 0 unspecified atom stereocenters. The van der Waals surface area contributed by atoms with Crippen LogP contribution in [-0.4, -0.2) is 19.0 Å². The number of rotatable bonds is 2. The van der Waals surface area contributed by atoms with Crippen LogP contribution in [0.1, 0.15) is 6.92 Å². The van der Waals surface area contributed by atoms with Crippen molar-refractivity contribution in [1.82, 2.24) is 5.32 Å². The highest BCUT2D eigenvalue weighted by molar-refractivity contribution is 14.1. The van der Waals surface area contributed by atoms with Gasteiger partial charge in [0, 0.05) is 22.2 Å². The number of anilines is 1. The van der Waals surface area contributed by atoms with Gasteiger partial charge in [-0.1, -0.05) is 0 Å². The molecule has 5 heteroatoms. The summed E-state index contributed by atoms with van der Waals surface area (Å²) >= 11 is 2.00. The van der Waals surface area contributed by atoms with Crippen molar-refractivity contribution in [3.8, 4) is 0 Å². The van der Waals surface area contributed by atoms with Gasteiger partial charge in [-0.3, -0.25) is 4.79 Å². The number of carbonyl (C=O) groups excluding carboxylic acids is 1. The van der Waals surface area contributed by atoms with Crippen LogP contribution in [0.3, 0.4) is 0 Å². The fourth-order valence-corrected chi connectivity index (χ4v) is 2.09. The van der Waals surface area contributed by atoms with Crippen LogP contribution in [0.4, 0.5) is 10.1 Å². The van der Waals surface area contributed by atoms with E-state index in [-0.39, 0.29) is 11.7 Å². The summed E-state index contributed by atoms with van der Waals surface area (Å²) in [5.74, 6) is -0.420. The fraction of sp³-hybridized carbons (Fsp3) is 0.250. The van der Waals surface area contributed by atoms with Gasteiger partial charge in [0.25, 0.3) is 5.91 Å². The van der Waals surface area contributed by atoms with Gasteiger partial charge in [-0.25, -0.2) is 4.39 Å². The third kappa shape index (κ3) is 2.84. The summed E-state index contributed by atoms with van der Waals surface area (Å²) in [5, 5.41) is 5.88. The number of nitrogens with one attached hydrogen (secondary N) is 2. The molecule has 1 aromatic rings. The third-order valence-corrected chi connectivity index (χ3v) is 3.62. The second-order valence-corrected chi connectivity index (χ2v) is 5.07. The van der Waals surface area contributed by atoms with Crippen molar-refractivity contribution in [3.05, 3.63) is 38.7 Å². The van der Waals surface area contributed by atoms with Crippen LogP contribution in [0.5, 0.6) is 0 Å².